The average Bonchev–Trinajstić information content (AvgIpc) is 3.73. The number of allylic oxidation sites excluding steroid dienone is 2. The van der Waals surface area contributed by atoms with Crippen molar-refractivity contribution in [1.29, 1.82) is 0 Å². The largest absolute Gasteiger partial charge is 0.107 e. The van der Waals surface area contributed by atoms with E-state index in [9.17, 15) is 0 Å². The number of fused-ring (bicyclic) bond motifs is 2. The summed E-state index contributed by atoms with van der Waals surface area (Å²) in [5.41, 5.74) is 15.8. The molecule has 2 aliphatic carbocycles. The van der Waals surface area contributed by atoms with Crippen LogP contribution < -0.4 is 0 Å². The number of hydrogen-bond donors (Lipinski definition) is 0. The zero-order valence-electron chi connectivity index (χ0n) is 26.4. The molecule has 0 nitrogen and oxygen atoms in total. The standard InChI is InChI=1S/C43H42Si/c1-4-32-17-9-11-21-38(32)40-23-13-19-34-27-36(29-42(34)40)44(3,26-25-31-15-7-6-8-16-31)37-28-35-20-14-24-41(43(35)30-37)39-22-12-10-18-33(39)5-2/h6-24,29-30H,4-5,25-28H2,1-3H3. The topological polar surface area (TPSA) is 0 Å². The van der Waals surface area contributed by atoms with Crippen LogP contribution in [0.25, 0.3) is 34.4 Å². The molecule has 0 saturated carbocycles. The van der Waals surface area contributed by atoms with E-state index in [4.69, 9.17) is 0 Å². The lowest BCUT2D eigenvalue weighted by Crippen LogP contribution is -2.37. The molecular formula is C43H42Si. The summed E-state index contributed by atoms with van der Waals surface area (Å²) in [5, 5.41) is 3.39. The summed E-state index contributed by atoms with van der Waals surface area (Å²) in [6.07, 6.45) is 10.6. The second-order valence-corrected chi connectivity index (χ2v) is 17.2. The summed E-state index contributed by atoms with van der Waals surface area (Å²) in [6, 6.07) is 44.3. The first kappa shape index (κ1) is 28.6. The van der Waals surface area contributed by atoms with Crippen molar-refractivity contribution in [3.05, 3.63) is 165 Å². The van der Waals surface area contributed by atoms with Gasteiger partial charge in [-0.15, -0.1) is 0 Å². The molecule has 0 saturated heterocycles. The predicted octanol–water partition coefficient (Wildman–Crippen LogP) is 11.1. The molecule has 0 spiro atoms. The maximum Gasteiger partial charge on any atom is 0.107 e. The molecule has 218 valence electrons. The molecule has 5 aromatic carbocycles. The van der Waals surface area contributed by atoms with Crippen molar-refractivity contribution in [3.8, 4) is 22.3 Å². The lowest BCUT2D eigenvalue weighted by atomic mass is 9.93. The van der Waals surface area contributed by atoms with Gasteiger partial charge in [-0.3, -0.25) is 0 Å². The first-order chi connectivity index (χ1) is 21.6. The van der Waals surface area contributed by atoms with Gasteiger partial charge in [-0.05, 0) is 99.3 Å². The first-order valence-corrected chi connectivity index (χ1v) is 19.2. The van der Waals surface area contributed by atoms with Gasteiger partial charge in [0.25, 0.3) is 0 Å². The Kier molecular flexibility index (Phi) is 7.83. The third kappa shape index (κ3) is 5.14. The second-order valence-electron chi connectivity index (χ2n) is 12.8. The van der Waals surface area contributed by atoms with Crippen molar-refractivity contribution in [2.24, 2.45) is 0 Å². The molecule has 0 amide bonds. The van der Waals surface area contributed by atoms with Gasteiger partial charge in [0.1, 0.15) is 8.07 Å². The van der Waals surface area contributed by atoms with Crippen LogP contribution in [0.4, 0.5) is 0 Å². The van der Waals surface area contributed by atoms with E-state index in [0.717, 1.165) is 32.1 Å². The maximum atomic E-state index is 2.67. The van der Waals surface area contributed by atoms with Gasteiger partial charge in [0.05, 0.1) is 0 Å². The van der Waals surface area contributed by atoms with Crippen molar-refractivity contribution < 1.29 is 0 Å². The number of benzene rings is 5. The van der Waals surface area contributed by atoms with E-state index >= 15 is 0 Å². The Morgan fingerprint density at radius 2 is 0.955 bits per heavy atom. The van der Waals surface area contributed by atoms with Crippen LogP contribution in [0.5, 0.6) is 0 Å². The fourth-order valence-electron chi connectivity index (χ4n) is 7.66. The lowest BCUT2D eigenvalue weighted by molar-refractivity contribution is 1.07. The smallest absolute Gasteiger partial charge is 0.0712 e. The van der Waals surface area contributed by atoms with Gasteiger partial charge in [0, 0.05) is 0 Å². The summed E-state index contributed by atoms with van der Waals surface area (Å²) >= 11 is 0. The minimum absolute atomic E-state index is 1.05. The zero-order chi connectivity index (χ0) is 30.1. The Hall–Kier alpha value is -4.20. The van der Waals surface area contributed by atoms with Crippen LogP contribution in [0, 0.1) is 0 Å². The van der Waals surface area contributed by atoms with Crippen molar-refractivity contribution >= 4 is 20.2 Å². The van der Waals surface area contributed by atoms with Crippen LogP contribution in [-0.4, -0.2) is 8.07 Å². The highest BCUT2D eigenvalue weighted by Crippen LogP contribution is 2.46. The number of aryl methyl sites for hydroxylation is 3. The van der Waals surface area contributed by atoms with Gasteiger partial charge in [0.15, 0.2) is 0 Å². The van der Waals surface area contributed by atoms with Gasteiger partial charge in [-0.1, -0.05) is 158 Å². The molecule has 0 atom stereocenters. The normalized spacial score (nSPS) is 13.8. The highest BCUT2D eigenvalue weighted by molar-refractivity contribution is 6.93. The average molecular weight is 587 g/mol. The molecule has 7 rings (SSSR count). The summed E-state index contributed by atoms with van der Waals surface area (Å²) in [7, 11) is -2.03. The second kappa shape index (κ2) is 12.1. The van der Waals surface area contributed by atoms with Crippen LogP contribution in [-0.2, 0) is 32.1 Å². The first-order valence-electron chi connectivity index (χ1n) is 16.5. The maximum absolute atomic E-state index is 2.67. The highest BCUT2D eigenvalue weighted by Gasteiger charge is 2.40. The van der Waals surface area contributed by atoms with E-state index in [-0.39, 0.29) is 0 Å². The molecule has 0 aliphatic heterocycles. The summed E-state index contributed by atoms with van der Waals surface area (Å²) in [6.45, 7) is 7.22. The quantitative estimate of drug-likeness (QED) is 0.151. The molecule has 0 N–H and O–H groups in total. The minimum Gasteiger partial charge on any atom is -0.0712 e. The predicted molar refractivity (Wildman–Crippen MR) is 192 cm³/mol. The van der Waals surface area contributed by atoms with E-state index in [0.29, 0.717) is 0 Å². The van der Waals surface area contributed by atoms with Gasteiger partial charge in [-0.25, -0.2) is 0 Å². The fourth-order valence-corrected chi connectivity index (χ4v) is 11.6. The number of hydrogen-bond acceptors (Lipinski definition) is 0. The third-order valence-corrected chi connectivity index (χ3v) is 15.1. The molecule has 0 fully saturated rings. The molecule has 1 heteroatoms. The summed E-state index contributed by atoms with van der Waals surface area (Å²) in [4.78, 5) is 0. The van der Waals surface area contributed by atoms with Crippen molar-refractivity contribution in [2.75, 3.05) is 0 Å². The Morgan fingerprint density at radius 1 is 0.500 bits per heavy atom. The Bertz CT molecular complexity index is 1770. The van der Waals surface area contributed by atoms with Crippen molar-refractivity contribution in [3.63, 3.8) is 0 Å². The molecular weight excluding hydrogens is 545 g/mol. The van der Waals surface area contributed by atoms with Gasteiger partial charge in [-0.2, -0.15) is 0 Å². The SMILES string of the molecule is CCc1ccccc1-c1cccc2c1C=C([Si](C)(CCc1ccccc1)C1=Cc3c(cccc3-c3ccccc3CC)C1)C2. The van der Waals surface area contributed by atoms with E-state index in [1.807, 2.05) is 0 Å². The van der Waals surface area contributed by atoms with Crippen LogP contribution in [0.3, 0.4) is 0 Å². The van der Waals surface area contributed by atoms with E-state index < -0.39 is 8.07 Å². The van der Waals surface area contributed by atoms with Crippen LogP contribution >= 0.6 is 0 Å². The Labute approximate surface area is 264 Å². The highest BCUT2D eigenvalue weighted by atomic mass is 28.3. The molecule has 0 aromatic heterocycles. The lowest BCUT2D eigenvalue weighted by Gasteiger charge is -2.31. The van der Waals surface area contributed by atoms with E-state index in [1.54, 1.807) is 10.4 Å². The molecule has 5 aromatic rings. The van der Waals surface area contributed by atoms with Crippen LogP contribution in [0.15, 0.2) is 126 Å². The monoisotopic (exact) mass is 586 g/mol. The molecule has 0 heterocycles. The molecule has 2 aliphatic rings. The minimum atomic E-state index is -2.03. The van der Waals surface area contributed by atoms with Gasteiger partial charge < -0.3 is 0 Å². The Morgan fingerprint density at radius 3 is 1.45 bits per heavy atom. The van der Waals surface area contributed by atoms with Crippen molar-refractivity contribution in [1.82, 2.24) is 0 Å². The zero-order valence-corrected chi connectivity index (χ0v) is 27.4. The molecule has 0 unspecified atom stereocenters. The summed E-state index contributed by atoms with van der Waals surface area (Å²) < 4.78 is 0. The number of rotatable bonds is 9. The molecule has 0 radical (unpaired) electrons. The fraction of sp³-hybridized carbons (Fsp3) is 0.209. The summed E-state index contributed by atoms with van der Waals surface area (Å²) in [5.74, 6) is 0. The Balaban J connectivity index is 1.33. The van der Waals surface area contributed by atoms with Gasteiger partial charge >= 0.3 is 0 Å². The van der Waals surface area contributed by atoms with E-state index in [2.05, 4.69) is 148 Å². The van der Waals surface area contributed by atoms with E-state index in [1.165, 1.54) is 67.2 Å². The van der Waals surface area contributed by atoms with Crippen molar-refractivity contribution in [2.45, 2.75) is 58.5 Å². The van der Waals surface area contributed by atoms with Gasteiger partial charge in [0.2, 0.25) is 0 Å². The molecule has 44 heavy (non-hydrogen) atoms. The van der Waals surface area contributed by atoms with Crippen LogP contribution in [0.2, 0.25) is 12.6 Å². The third-order valence-electron chi connectivity index (χ3n) is 10.3. The van der Waals surface area contributed by atoms with Crippen LogP contribution in [0.1, 0.15) is 52.8 Å². The molecule has 0 bridgehead atoms.